The molecule has 0 aromatic carbocycles. The molecule has 1 fully saturated rings. The predicted octanol–water partition coefficient (Wildman–Crippen LogP) is 3.89. The molecule has 0 aliphatic heterocycles. The van der Waals surface area contributed by atoms with Gasteiger partial charge in [0, 0.05) is 13.0 Å². The highest BCUT2D eigenvalue weighted by Gasteiger charge is 2.41. The van der Waals surface area contributed by atoms with Crippen molar-refractivity contribution in [3.05, 3.63) is 0 Å². The Labute approximate surface area is 128 Å². The molecule has 0 aromatic heterocycles. The zero-order valence-electron chi connectivity index (χ0n) is 13.5. The van der Waals surface area contributed by atoms with Crippen molar-refractivity contribution in [2.24, 2.45) is 5.41 Å². The highest BCUT2D eigenvalue weighted by atomic mass is 16.4. The summed E-state index contributed by atoms with van der Waals surface area (Å²) in [6.07, 6.45) is 12.2. The number of carbonyl (C=O) groups is 2. The number of carboxylic acid groups (broad SMARTS) is 1. The molecule has 0 saturated heterocycles. The second kappa shape index (κ2) is 9.80. The minimum atomic E-state index is -0.753. The molecular formula is C17H31NO3. The van der Waals surface area contributed by atoms with E-state index in [4.69, 9.17) is 0 Å². The van der Waals surface area contributed by atoms with Gasteiger partial charge >= 0.3 is 5.97 Å². The van der Waals surface area contributed by atoms with E-state index in [9.17, 15) is 14.7 Å². The van der Waals surface area contributed by atoms with E-state index < -0.39 is 11.4 Å². The van der Waals surface area contributed by atoms with Crippen LogP contribution in [0.15, 0.2) is 0 Å². The van der Waals surface area contributed by atoms with Crippen LogP contribution in [0.25, 0.3) is 0 Å². The monoisotopic (exact) mass is 297 g/mol. The summed E-state index contributed by atoms with van der Waals surface area (Å²) >= 11 is 0. The Balaban J connectivity index is 2.09. The van der Waals surface area contributed by atoms with Gasteiger partial charge in [-0.3, -0.25) is 9.59 Å². The van der Waals surface area contributed by atoms with Crippen LogP contribution < -0.4 is 5.32 Å². The molecule has 4 nitrogen and oxygen atoms in total. The summed E-state index contributed by atoms with van der Waals surface area (Å²) in [4.78, 5) is 23.2. The average Bonchev–Trinajstić information content (AvgIpc) is 2.94. The van der Waals surface area contributed by atoms with Crippen molar-refractivity contribution in [3.63, 3.8) is 0 Å². The van der Waals surface area contributed by atoms with Crippen LogP contribution >= 0.6 is 0 Å². The lowest BCUT2D eigenvalue weighted by atomic mass is 9.86. The Bertz CT molecular complexity index is 322. The first-order chi connectivity index (χ1) is 10.1. The van der Waals surface area contributed by atoms with E-state index in [1.807, 2.05) is 0 Å². The van der Waals surface area contributed by atoms with Gasteiger partial charge in [0.05, 0.1) is 5.41 Å². The van der Waals surface area contributed by atoms with Crippen molar-refractivity contribution in [1.82, 2.24) is 5.32 Å². The molecule has 0 radical (unpaired) electrons. The Kier molecular flexibility index (Phi) is 8.40. The number of carbonyl (C=O) groups excluding carboxylic acids is 1. The summed E-state index contributed by atoms with van der Waals surface area (Å²) in [5.74, 6) is -0.743. The molecule has 1 rings (SSSR count). The van der Waals surface area contributed by atoms with Crippen LogP contribution in [0.3, 0.4) is 0 Å². The van der Waals surface area contributed by atoms with E-state index >= 15 is 0 Å². The van der Waals surface area contributed by atoms with E-state index in [0.29, 0.717) is 25.8 Å². The summed E-state index contributed by atoms with van der Waals surface area (Å²) in [6, 6.07) is 0. The summed E-state index contributed by atoms with van der Waals surface area (Å²) in [6.45, 7) is 2.51. The van der Waals surface area contributed by atoms with Crippen molar-refractivity contribution in [1.29, 1.82) is 0 Å². The number of hydrogen-bond donors (Lipinski definition) is 2. The summed E-state index contributed by atoms with van der Waals surface area (Å²) < 4.78 is 0. The highest BCUT2D eigenvalue weighted by molar-refractivity contribution is 5.79. The quantitative estimate of drug-likeness (QED) is 0.569. The van der Waals surface area contributed by atoms with Crippen LogP contribution in [0.1, 0.15) is 84.0 Å². The van der Waals surface area contributed by atoms with E-state index in [0.717, 1.165) is 25.7 Å². The fraction of sp³-hybridized carbons (Fsp3) is 0.882. The maximum Gasteiger partial charge on any atom is 0.311 e. The van der Waals surface area contributed by atoms with Gasteiger partial charge in [-0.15, -0.1) is 0 Å². The molecule has 21 heavy (non-hydrogen) atoms. The van der Waals surface area contributed by atoms with Crippen molar-refractivity contribution in [2.45, 2.75) is 84.0 Å². The van der Waals surface area contributed by atoms with Gasteiger partial charge in [-0.1, -0.05) is 58.3 Å². The fourth-order valence-electron chi connectivity index (χ4n) is 3.12. The number of carboxylic acids is 1. The van der Waals surface area contributed by atoms with Gasteiger partial charge in [-0.2, -0.15) is 0 Å². The van der Waals surface area contributed by atoms with Crippen molar-refractivity contribution < 1.29 is 14.7 Å². The second-order valence-electron chi connectivity index (χ2n) is 6.44. The molecule has 1 saturated carbocycles. The number of hydrogen-bond acceptors (Lipinski definition) is 2. The molecule has 4 heteroatoms. The number of rotatable bonds is 11. The van der Waals surface area contributed by atoms with Gasteiger partial charge in [0.2, 0.25) is 5.91 Å². The first-order valence-corrected chi connectivity index (χ1v) is 8.61. The summed E-state index contributed by atoms with van der Waals surface area (Å²) in [5.41, 5.74) is -0.699. The number of amides is 1. The summed E-state index contributed by atoms with van der Waals surface area (Å²) in [7, 11) is 0. The van der Waals surface area contributed by atoms with Crippen LogP contribution in [0, 0.1) is 5.41 Å². The Hall–Kier alpha value is -1.06. The number of aliphatic carboxylic acids is 1. The molecule has 2 N–H and O–H groups in total. The van der Waals surface area contributed by atoms with Crippen LogP contribution in [0.4, 0.5) is 0 Å². The molecule has 0 spiro atoms. The minimum absolute atomic E-state index is 0.0103. The highest BCUT2D eigenvalue weighted by Crippen LogP contribution is 2.37. The zero-order valence-corrected chi connectivity index (χ0v) is 13.5. The SMILES string of the molecule is CCCCCCCCCC(=O)NCC1(C(=O)O)CCCC1. The Morgan fingerprint density at radius 2 is 1.57 bits per heavy atom. The molecule has 0 heterocycles. The topological polar surface area (TPSA) is 66.4 Å². The molecule has 1 aliphatic carbocycles. The van der Waals surface area contributed by atoms with E-state index in [1.54, 1.807) is 0 Å². The molecule has 122 valence electrons. The average molecular weight is 297 g/mol. The minimum Gasteiger partial charge on any atom is -0.481 e. The first kappa shape index (κ1) is 18.0. The molecular weight excluding hydrogens is 266 g/mol. The molecule has 0 bridgehead atoms. The third-order valence-electron chi connectivity index (χ3n) is 4.65. The van der Waals surface area contributed by atoms with Crippen LogP contribution in [-0.4, -0.2) is 23.5 Å². The van der Waals surface area contributed by atoms with E-state index in [1.165, 1.54) is 32.1 Å². The lowest BCUT2D eigenvalue weighted by Crippen LogP contribution is -2.41. The number of nitrogens with one attached hydrogen (secondary N) is 1. The molecule has 0 unspecified atom stereocenters. The third kappa shape index (κ3) is 6.49. The van der Waals surface area contributed by atoms with E-state index in [2.05, 4.69) is 12.2 Å². The van der Waals surface area contributed by atoms with Crippen molar-refractivity contribution >= 4 is 11.9 Å². The van der Waals surface area contributed by atoms with Gasteiger partial charge in [0.15, 0.2) is 0 Å². The van der Waals surface area contributed by atoms with Gasteiger partial charge in [-0.05, 0) is 19.3 Å². The lowest BCUT2D eigenvalue weighted by molar-refractivity contribution is -0.148. The van der Waals surface area contributed by atoms with Crippen LogP contribution in [0.5, 0.6) is 0 Å². The van der Waals surface area contributed by atoms with Gasteiger partial charge in [0.25, 0.3) is 0 Å². The fourth-order valence-corrected chi connectivity index (χ4v) is 3.12. The van der Waals surface area contributed by atoms with Gasteiger partial charge in [0.1, 0.15) is 0 Å². The molecule has 0 aromatic rings. The molecule has 1 aliphatic rings. The maximum atomic E-state index is 11.8. The predicted molar refractivity (Wildman–Crippen MR) is 84.2 cm³/mol. The van der Waals surface area contributed by atoms with Crippen molar-refractivity contribution in [3.8, 4) is 0 Å². The van der Waals surface area contributed by atoms with Gasteiger partial charge < -0.3 is 10.4 Å². The first-order valence-electron chi connectivity index (χ1n) is 8.61. The number of unbranched alkanes of at least 4 members (excludes halogenated alkanes) is 6. The van der Waals surface area contributed by atoms with Crippen LogP contribution in [-0.2, 0) is 9.59 Å². The Morgan fingerprint density at radius 3 is 2.14 bits per heavy atom. The second-order valence-corrected chi connectivity index (χ2v) is 6.44. The molecule has 0 atom stereocenters. The Morgan fingerprint density at radius 1 is 1.00 bits per heavy atom. The zero-order chi connectivity index (χ0) is 15.6. The smallest absolute Gasteiger partial charge is 0.311 e. The van der Waals surface area contributed by atoms with Crippen molar-refractivity contribution in [2.75, 3.05) is 6.54 Å². The molecule has 1 amide bonds. The van der Waals surface area contributed by atoms with Crippen LogP contribution in [0.2, 0.25) is 0 Å². The maximum absolute atomic E-state index is 11.8. The summed E-state index contributed by atoms with van der Waals surface area (Å²) in [5, 5.41) is 12.2. The third-order valence-corrected chi connectivity index (χ3v) is 4.65. The van der Waals surface area contributed by atoms with Gasteiger partial charge in [-0.25, -0.2) is 0 Å². The normalized spacial score (nSPS) is 16.8. The lowest BCUT2D eigenvalue weighted by Gasteiger charge is -2.23. The largest absolute Gasteiger partial charge is 0.481 e. The standard InChI is InChI=1S/C17H31NO3/c1-2-3-4-5-6-7-8-11-15(19)18-14-17(16(20)21)12-9-10-13-17/h2-14H2,1H3,(H,18,19)(H,20,21). The van der Waals surface area contributed by atoms with E-state index in [-0.39, 0.29) is 5.91 Å².